The first-order chi connectivity index (χ1) is 36.1. The highest BCUT2D eigenvalue weighted by Gasteiger charge is 2.34. The van der Waals surface area contributed by atoms with Crippen molar-refractivity contribution in [3.05, 3.63) is 131 Å². The van der Waals surface area contributed by atoms with E-state index in [0.717, 1.165) is 5.56 Å². The van der Waals surface area contributed by atoms with Crippen LogP contribution in [0.3, 0.4) is 0 Å². The van der Waals surface area contributed by atoms with Crippen molar-refractivity contribution < 1.29 is 68.3 Å². The van der Waals surface area contributed by atoms with E-state index in [1.165, 1.54) is 69.3 Å². The van der Waals surface area contributed by atoms with Crippen molar-refractivity contribution >= 4 is 53.3 Å². The number of rotatable bonds is 14. The monoisotopic (exact) mass is 1050 g/mol. The molecule has 1 heterocycles. The summed E-state index contributed by atoms with van der Waals surface area (Å²) >= 11 is 0. The SMILES string of the molecule is CC=C1NC(=O)CC[C@H](C(=O)O)NC(=O)[C@@H](C)[C@H](C=CC(C)=C[C@H](C)[C@H](Cc2ccccc2)OC)NC(=O)[C@H](Cc2ccc(O)cc2)NC(=O)C[C@H](C(=O)O)NC(=O)[C@H](CCc2ccc(O)cc2)NC(=O)[C@H](C)NC1=O. The van der Waals surface area contributed by atoms with Crippen molar-refractivity contribution in [2.24, 2.45) is 11.8 Å². The van der Waals surface area contributed by atoms with Gasteiger partial charge in [0.2, 0.25) is 35.4 Å². The van der Waals surface area contributed by atoms with Crippen LogP contribution in [0.25, 0.3) is 0 Å². The summed E-state index contributed by atoms with van der Waals surface area (Å²) in [5.74, 6) is -11.0. The van der Waals surface area contributed by atoms with Crippen LogP contribution in [0.5, 0.6) is 11.5 Å². The Balaban J connectivity index is 1.76. The molecule has 1 saturated heterocycles. The zero-order valence-electron chi connectivity index (χ0n) is 43.3. The third kappa shape index (κ3) is 19.5. The van der Waals surface area contributed by atoms with E-state index in [2.05, 4.69) is 37.2 Å². The van der Waals surface area contributed by atoms with Gasteiger partial charge in [-0.25, -0.2) is 9.59 Å². The van der Waals surface area contributed by atoms with Gasteiger partial charge in [0.15, 0.2) is 0 Å². The van der Waals surface area contributed by atoms with Gasteiger partial charge in [-0.1, -0.05) is 98.3 Å². The van der Waals surface area contributed by atoms with Crippen molar-refractivity contribution in [2.75, 3.05) is 7.11 Å². The second-order valence-electron chi connectivity index (χ2n) is 18.7. The average molecular weight is 1050 g/mol. The Morgan fingerprint density at radius 1 is 0.697 bits per heavy atom. The highest BCUT2D eigenvalue weighted by Crippen LogP contribution is 2.19. The molecule has 1 fully saturated rings. The maximum Gasteiger partial charge on any atom is 0.326 e. The van der Waals surface area contributed by atoms with Gasteiger partial charge < -0.3 is 62.4 Å². The molecular weight excluding hydrogens is 983 g/mol. The van der Waals surface area contributed by atoms with E-state index in [1.54, 1.807) is 32.2 Å². The number of amides is 7. The maximum atomic E-state index is 14.5. The number of carboxylic acids is 2. The molecule has 11 N–H and O–H groups in total. The lowest BCUT2D eigenvalue weighted by Crippen LogP contribution is -2.57. The Bertz CT molecular complexity index is 2620. The van der Waals surface area contributed by atoms with Crippen LogP contribution >= 0.6 is 0 Å². The van der Waals surface area contributed by atoms with E-state index < -0.39 is 115 Å². The number of nitrogens with one attached hydrogen (secondary N) is 7. The number of ether oxygens (including phenoxy) is 1. The number of carbonyl (C=O) groups is 9. The minimum Gasteiger partial charge on any atom is -0.508 e. The van der Waals surface area contributed by atoms with Gasteiger partial charge in [0.25, 0.3) is 5.91 Å². The normalized spacial score (nSPS) is 23.8. The molecule has 1 aliphatic rings. The summed E-state index contributed by atoms with van der Waals surface area (Å²) in [6.45, 7) is 7.88. The van der Waals surface area contributed by atoms with Gasteiger partial charge in [-0.2, -0.15) is 0 Å². The van der Waals surface area contributed by atoms with Gasteiger partial charge in [-0.05, 0) is 87.4 Å². The molecule has 0 aliphatic carbocycles. The molecule has 1 aliphatic heterocycles. The number of carboxylic acid groups (broad SMARTS) is 2. The number of phenols is 2. The molecule has 4 rings (SSSR count). The number of aliphatic carboxylic acids is 2. The Labute approximate surface area is 441 Å². The first-order valence-electron chi connectivity index (χ1n) is 24.8. The van der Waals surface area contributed by atoms with E-state index in [-0.39, 0.29) is 48.5 Å². The molecule has 21 nitrogen and oxygen atoms in total. The van der Waals surface area contributed by atoms with Crippen LogP contribution in [0, 0.1) is 11.8 Å². The van der Waals surface area contributed by atoms with Gasteiger partial charge in [0, 0.05) is 25.9 Å². The molecule has 76 heavy (non-hydrogen) atoms. The summed E-state index contributed by atoms with van der Waals surface area (Å²) in [6.07, 6.45) is 4.61. The quantitative estimate of drug-likeness (QED) is 0.0817. The van der Waals surface area contributed by atoms with Crippen LogP contribution in [0.4, 0.5) is 0 Å². The fraction of sp³-hybridized carbons (Fsp3) is 0.400. The first kappa shape index (κ1) is 60.2. The Hall–Kier alpha value is -8.33. The van der Waals surface area contributed by atoms with E-state index in [9.17, 15) is 63.6 Å². The van der Waals surface area contributed by atoms with Gasteiger partial charge in [-0.15, -0.1) is 0 Å². The molecule has 21 heteroatoms. The maximum absolute atomic E-state index is 14.5. The molecule has 3 aromatic carbocycles. The fourth-order valence-electron chi connectivity index (χ4n) is 8.11. The summed E-state index contributed by atoms with van der Waals surface area (Å²) in [5.41, 5.74) is 2.50. The summed E-state index contributed by atoms with van der Waals surface area (Å²) in [5, 5.41) is 57.7. The molecule has 0 unspecified atom stereocenters. The van der Waals surface area contributed by atoms with Gasteiger partial charge in [0.1, 0.15) is 47.4 Å². The van der Waals surface area contributed by atoms with Crippen LogP contribution in [0.2, 0.25) is 0 Å². The van der Waals surface area contributed by atoms with E-state index in [0.29, 0.717) is 23.1 Å². The standard InChI is InChI=1S/C55H69N7O14/c1-7-40-51(69)56-34(5)50(68)60-42(24-18-35-14-19-38(63)20-15-35)52(70)62-45(55(74)75)30-48(66)58-44(28-37-16-21-39(64)22-17-37)53(71)59-41(33(4)49(67)61-43(54(72)73)25-26-47(65)57-40)23-13-31(2)27-32(3)46(76-6)29-36-11-9-8-10-12-36/h7-17,19-23,27,32-34,41-46,63-64H,18,24-26,28-30H2,1-6H3,(H,56,69)(H,57,65)(H,58,66)(H,59,71)(H,60,68)(H,61,67)(H,62,70)(H,72,73)(H,74,75)/t32-,33-,34-,41-,42-,43+,44-,45+,46-/m0/s1. The zero-order chi connectivity index (χ0) is 56.1. The van der Waals surface area contributed by atoms with Crippen LogP contribution in [0.1, 0.15) is 77.0 Å². The lowest BCUT2D eigenvalue weighted by Gasteiger charge is -2.27. The molecule has 408 valence electrons. The number of benzene rings is 3. The first-order valence-corrected chi connectivity index (χ1v) is 24.8. The van der Waals surface area contributed by atoms with E-state index >= 15 is 0 Å². The minimum absolute atomic E-state index is 0.0285. The van der Waals surface area contributed by atoms with Gasteiger partial charge in [0.05, 0.1) is 24.5 Å². The number of aryl methyl sites for hydroxylation is 1. The number of methoxy groups -OCH3 is 1. The van der Waals surface area contributed by atoms with Crippen LogP contribution in [-0.4, -0.2) is 123 Å². The zero-order valence-corrected chi connectivity index (χ0v) is 43.3. The third-order valence-corrected chi connectivity index (χ3v) is 12.7. The third-order valence-electron chi connectivity index (χ3n) is 12.7. The van der Waals surface area contributed by atoms with Crippen LogP contribution in [-0.2, 0) is 67.2 Å². The van der Waals surface area contributed by atoms with Crippen molar-refractivity contribution in [2.45, 2.75) is 122 Å². The lowest BCUT2D eigenvalue weighted by atomic mass is 9.94. The molecule has 3 aromatic rings. The summed E-state index contributed by atoms with van der Waals surface area (Å²) in [7, 11) is 1.61. The van der Waals surface area contributed by atoms with Gasteiger partial charge in [-0.3, -0.25) is 33.6 Å². The average Bonchev–Trinajstić information content (AvgIpc) is 3.38. The van der Waals surface area contributed by atoms with Crippen molar-refractivity contribution in [3.8, 4) is 11.5 Å². The topological polar surface area (TPSA) is 328 Å². The molecule has 0 spiro atoms. The molecular formula is C55H69N7O14. The summed E-state index contributed by atoms with van der Waals surface area (Å²) in [6, 6.07) is 12.3. The molecule has 9 atom stereocenters. The predicted molar refractivity (Wildman–Crippen MR) is 279 cm³/mol. The van der Waals surface area contributed by atoms with Crippen molar-refractivity contribution in [3.63, 3.8) is 0 Å². The Kier molecular flexibility index (Phi) is 23.4. The number of hydrogen-bond acceptors (Lipinski definition) is 12. The van der Waals surface area contributed by atoms with E-state index in [1.807, 2.05) is 43.3 Å². The smallest absolute Gasteiger partial charge is 0.326 e. The number of allylic oxidation sites excluding steroid dienone is 3. The number of carbonyl (C=O) groups excluding carboxylic acids is 7. The van der Waals surface area contributed by atoms with Crippen molar-refractivity contribution in [1.29, 1.82) is 0 Å². The number of hydrogen-bond donors (Lipinski definition) is 11. The number of phenolic OH excluding ortho intramolecular Hbond substituents is 2. The molecule has 0 aromatic heterocycles. The number of aromatic hydroxyl groups is 2. The van der Waals surface area contributed by atoms with Crippen LogP contribution in [0.15, 0.2) is 114 Å². The van der Waals surface area contributed by atoms with Crippen molar-refractivity contribution in [1.82, 2.24) is 37.2 Å². The Morgan fingerprint density at radius 3 is 1.88 bits per heavy atom. The Morgan fingerprint density at radius 2 is 1.29 bits per heavy atom. The van der Waals surface area contributed by atoms with Crippen LogP contribution < -0.4 is 37.2 Å². The summed E-state index contributed by atoms with van der Waals surface area (Å²) < 4.78 is 5.82. The second kappa shape index (κ2) is 29.5. The van der Waals surface area contributed by atoms with E-state index in [4.69, 9.17) is 4.74 Å². The molecule has 0 bridgehead atoms. The minimum atomic E-state index is -1.92. The predicted octanol–water partition coefficient (Wildman–Crippen LogP) is 2.61. The molecule has 0 saturated carbocycles. The van der Waals surface area contributed by atoms with Gasteiger partial charge >= 0.3 is 11.9 Å². The largest absolute Gasteiger partial charge is 0.508 e. The summed E-state index contributed by atoms with van der Waals surface area (Å²) in [4.78, 5) is 122. The lowest BCUT2D eigenvalue weighted by molar-refractivity contribution is -0.144. The molecule has 7 amide bonds. The second-order valence-corrected chi connectivity index (χ2v) is 18.7. The highest BCUT2D eigenvalue weighted by molar-refractivity contribution is 6.00. The fourth-order valence-corrected chi connectivity index (χ4v) is 8.11. The molecule has 0 radical (unpaired) electrons. The highest BCUT2D eigenvalue weighted by atomic mass is 16.5.